The fourth-order valence-electron chi connectivity index (χ4n) is 2.96. The van der Waals surface area contributed by atoms with Gasteiger partial charge in [0.2, 0.25) is 0 Å². The highest BCUT2D eigenvalue weighted by Gasteiger charge is 2.38. The normalized spacial score (nSPS) is 23.2. The van der Waals surface area contributed by atoms with E-state index in [9.17, 15) is 14.4 Å². The minimum absolute atomic E-state index is 0.0321. The number of hydrogen-bond donors (Lipinski definition) is 0. The van der Waals surface area contributed by atoms with Gasteiger partial charge in [0.1, 0.15) is 11.2 Å². The number of thiophene rings is 1. The van der Waals surface area contributed by atoms with E-state index in [0.717, 1.165) is 0 Å². The molecule has 0 bridgehead atoms. The SMILES string of the molecule is CN(C(=O)OC(C)(C)C)[C@H]1CC[C@](C)(OC(=O)C(=O)c2cccs2)CC1. The van der Waals surface area contributed by atoms with Gasteiger partial charge in [0, 0.05) is 13.1 Å². The van der Waals surface area contributed by atoms with Crippen LogP contribution in [0.25, 0.3) is 0 Å². The van der Waals surface area contributed by atoms with Crippen molar-refractivity contribution in [1.82, 2.24) is 4.90 Å². The quantitative estimate of drug-likeness (QED) is 0.447. The van der Waals surface area contributed by atoms with Crippen LogP contribution < -0.4 is 0 Å². The van der Waals surface area contributed by atoms with Crippen LogP contribution in [-0.4, -0.2) is 47.0 Å². The van der Waals surface area contributed by atoms with Crippen LogP contribution in [-0.2, 0) is 14.3 Å². The number of esters is 1. The lowest BCUT2D eigenvalue weighted by molar-refractivity contribution is -0.156. The standard InChI is InChI=1S/C19H27NO5S/c1-18(2,3)25-17(23)20(5)13-8-10-19(4,11-9-13)24-16(22)15(21)14-7-6-12-26-14/h6-7,12-13H,8-11H2,1-5H3/t13-,19-. The maximum atomic E-state index is 12.2. The van der Waals surface area contributed by atoms with Crippen LogP contribution in [0, 0.1) is 0 Å². The molecule has 2 rings (SSSR count). The summed E-state index contributed by atoms with van der Waals surface area (Å²) in [4.78, 5) is 38.4. The molecule has 26 heavy (non-hydrogen) atoms. The van der Waals surface area contributed by atoms with Crippen LogP contribution in [0.3, 0.4) is 0 Å². The molecule has 6 nitrogen and oxygen atoms in total. The highest BCUT2D eigenvalue weighted by molar-refractivity contribution is 7.12. The molecule has 1 aliphatic rings. The Morgan fingerprint density at radius 2 is 1.85 bits per heavy atom. The van der Waals surface area contributed by atoms with Crippen molar-refractivity contribution in [3.8, 4) is 0 Å². The van der Waals surface area contributed by atoms with Gasteiger partial charge in [0.05, 0.1) is 4.88 Å². The van der Waals surface area contributed by atoms with Crippen molar-refractivity contribution in [3.05, 3.63) is 22.4 Å². The number of ketones is 1. The Morgan fingerprint density at radius 1 is 1.23 bits per heavy atom. The Kier molecular flexibility index (Phi) is 6.11. The van der Waals surface area contributed by atoms with E-state index in [1.807, 2.05) is 27.7 Å². The molecule has 0 spiro atoms. The summed E-state index contributed by atoms with van der Waals surface area (Å²) in [6.07, 6.45) is 2.21. The van der Waals surface area contributed by atoms with Gasteiger partial charge in [-0.2, -0.15) is 0 Å². The smallest absolute Gasteiger partial charge is 0.410 e. The van der Waals surface area contributed by atoms with E-state index in [4.69, 9.17) is 9.47 Å². The summed E-state index contributed by atoms with van der Waals surface area (Å²) < 4.78 is 10.9. The molecule has 0 unspecified atom stereocenters. The number of ether oxygens (including phenoxy) is 2. The predicted octanol–water partition coefficient (Wildman–Crippen LogP) is 4.04. The monoisotopic (exact) mass is 381 g/mol. The number of carbonyl (C=O) groups is 3. The lowest BCUT2D eigenvalue weighted by Crippen LogP contribution is -2.46. The maximum Gasteiger partial charge on any atom is 0.410 e. The van der Waals surface area contributed by atoms with Crippen molar-refractivity contribution < 1.29 is 23.9 Å². The first-order valence-corrected chi connectivity index (χ1v) is 9.66. The molecule has 0 N–H and O–H groups in total. The van der Waals surface area contributed by atoms with E-state index in [2.05, 4.69) is 0 Å². The molecule has 7 heteroatoms. The summed E-state index contributed by atoms with van der Waals surface area (Å²) in [5, 5.41) is 1.75. The minimum Gasteiger partial charge on any atom is -0.453 e. The zero-order valence-corrected chi connectivity index (χ0v) is 16.9. The second-order valence-corrected chi connectivity index (χ2v) is 8.92. The van der Waals surface area contributed by atoms with Crippen LogP contribution in [0.2, 0.25) is 0 Å². The Bertz CT molecular complexity index is 654. The Balaban J connectivity index is 1.89. The van der Waals surface area contributed by atoms with Crippen molar-refractivity contribution in [2.45, 2.75) is 70.6 Å². The first kappa shape index (κ1) is 20.4. The van der Waals surface area contributed by atoms with Crippen LogP contribution in [0.15, 0.2) is 17.5 Å². The van der Waals surface area contributed by atoms with Gasteiger partial charge in [-0.05, 0) is 64.8 Å². The number of hydrogen-bond acceptors (Lipinski definition) is 6. The van der Waals surface area contributed by atoms with Crippen molar-refractivity contribution in [1.29, 1.82) is 0 Å². The molecule has 0 radical (unpaired) electrons. The number of rotatable bonds is 4. The van der Waals surface area contributed by atoms with E-state index in [1.54, 1.807) is 29.5 Å². The summed E-state index contributed by atoms with van der Waals surface area (Å²) >= 11 is 1.22. The summed E-state index contributed by atoms with van der Waals surface area (Å²) in [5.74, 6) is -1.41. The maximum absolute atomic E-state index is 12.2. The molecule has 1 aromatic rings. The third-order valence-electron chi connectivity index (χ3n) is 4.51. The van der Waals surface area contributed by atoms with Crippen LogP contribution in [0.4, 0.5) is 4.79 Å². The molecule has 1 amide bonds. The zero-order chi connectivity index (χ0) is 19.5. The molecule has 0 atom stereocenters. The van der Waals surface area contributed by atoms with E-state index >= 15 is 0 Å². The van der Waals surface area contributed by atoms with Gasteiger partial charge in [-0.3, -0.25) is 4.79 Å². The first-order valence-electron chi connectivity index (χ1n) is 8.78. The van der Waals surface area contributed by atoms with E-state index in [0.29, 0.717) is 30.6 Å². The molecular weight excluding hydrogens is 354 g/mol. The van der Waals surface area contributed by atoms with Crippen LogP contribution >= 0.6 is 11.3 Å². The third kappa shape index (κ3) is 5.30. The van der Waals surface area contributed by atoms with Gasteiger partial charge in [-0.25, -0.2) is 9.59 Å². The Morgan fingerprint density at radius 3 is 2.35 bits per heavy atom. The van der Waals surface area contributed by atoms with Crippen molar-refractivity contribution in [2.75, 3.05) is 7.05 Å². The highest BCUT2D eigenvalue weighted by atomic mass is 32.1. The topological polar surface area (TPSA) is 72.9 Å². The van der Waals surface area contributed by atoms with Gasteiger partial charge in [0.15, 0.2) is 0 Å². The molecule has 0 aliphatic heterocycles. The van der Waals surface area contributed by atoms with Crippen LogP contribution in [0.5, 0.6) is 0 Å². The van der Waals surface area contributed by atoms with Gasteiger partial charge in [0.25, 0.3) is 5.78 Å². The summed E-state index contributed by atoms with van der Waals surface area (Å²) in [5.41, 5.74) is -1.22. The average molecular weight is 381 g/mol. The average Bonchev–Trinajstić information content (AvgIpc) is 3.06. The summed E-state index contributed by atoms with van der Waals surface area (Å²) in [7, 11) is 1.73. The number of nitrogens with zero attached hydrogens (tertiary/aromatic N) is 1. The highest BCUT2D eigenvalue weighted by Crippen LogP contribution is 2.34. The molecule has 1 aliphatic carbocycles. The van der Waals surface area contributed by atoms with E-state index < -0.39 is 23.0 Å². The molecule has 0 aromatic carbocycles. The summed E-state index contributed by atoms with van der Waals surface area (Å²) in [6.45, 7) is 7.35. The number of carbonyl (C=O) groups excluding carboxylic acids is 3. The van der Waals surface area contributed by atoms with Gasteiger partial charge in [-0.1, -0.05) is 6.07 Å². The largest absolute Gasteiger partial charge is 0.453 e. The van der Waals surface area contributed by atoms with Crippen molar-refractivity contribution in [2.24, 2.45) is 0 Å². The van der Waals surface area contributed by atoms with E-state index in [-0.39, 0.29) is 12.1 Å². The first-order chi connectivity index (χ1) is 12.0. The fourth-order valence-corrected chi connectivity index (χ4v) is 3.62. The second-order valence-electron chi connectivity index (χ2n) is 7.97. The predicted molar refractivity (Wildman–Crippen MR) is 99.4 cm³/mol. The fraction of sp³-hybridized carbons (Fsp3) is 0.632. The number of amides is 1. The van der Waals surface area contributed by atoms with E-state index in [1.165, 1.54) is 11.3 Å². The molecule has 144 valence electrons. The zero-order valence-electron chi connectivity index (χ0n) is 16.0. The van der Waals surface area contributed by atoms with Crippen LogP contribution in [0.1, 0.15) is 63.0 Å². The lowest BCUT2D eigenvalue weighted by atomic mass is 9.83. The second kappa shape index (κ2) is 7.78. The molecule has 1 fully saturated rings. The minimum atomic E-state index is -0.811. The summed E-state index contributed by atoms with van der Waals surface area (Å²) in [6, 6.07) is 3.37. The third-order valence-corrected chi connectivity index (χ3v) is 5.38. The van der Waals surface area contributed by atoms with Gasteiger partial charge < -0.3 is 14.4 Å². The molecule has 1 saturated carbocycles. The lowest BCUT2D eigenvalue weighted by Gasteiger charge is -2.40. The van der Waals surface area contributed by atoms with Crippen molar-refractivity contribution >= 4 is 29.2 Å². The van der Waals surface area contributed by atoms with Gasteiger partial charge >= 0.3 is 12.1 Å². The Labute approximate surface area is 158 Å². The van der Waals surface area contributed by atoms with Gasteiger partial charge in [-0.15, -0.1) is 11.3 Å². The molecule has 0 saturated heterocycles. The molecule has 1 heterocycles. The molecular formula is C19H27NO5S. The Hall–Kier alpha value is -1.89. The molecule has 1 aromatic heterocycles. The van der Waals surface area contributed by atoms with Crippen molar-refractivity contribution in [3.63, 3.8) is 0 Å². The number of Topliss-reactive ketones (excluding diaryl/α,β-unsaturated/α-hetero) is 1.